The highest BCUT2D eigenvalue weighted by molar-refractivity contribution is 6.05. The van der Waals surface area contributed by atoms with Gasteiger partial charge >= 0.3 is 0 Å². The van der Waals surface area contributed by atoms with Crippen LogP contribution in [-0.4, -0.2) is 12.5 Å². The minimum Gasteiger partial charge on any atom is -0.493 e. The third kappa shape index (κ3) is 4.28. The molecule has 0 aliphatic rings. The topological polar surface area (TPSA) is 51.5 Å². The quantitative estimate of drug-likeness (QED) is 0.336. The molecule has 0 fully saturated rings. The summed E-state index contributed by atoms with van der Waals surface area (Å²) in [5.41, 5.74) is 5.78. The van der Waals surface area contributed by atoms with E-state index in [2.05, 4.69) is 5.32 Å². The second-order valence-electron chi connectivity index (χ2n) is 7.53. The van der Waals surface area contributed by atoms with Gasteiger partial charge in [0.2, 0.25) is 5.91 Å². The molecule has 1 heterocycles. The SMILES string of the molecule is CCOc1c(/C(C)=C/C(=O)Nc2ccc(F)cc2)cc2c(-c3ccccc3)coc2c1C. The van der Waals surface area contributed by atoms with E-state index in [0.29, 0.717) is 18.0 Å². The Bertz CT molecular complexity index is 1290. The molecule has 4 rings (SSSR count). The molecule has 1 aromatic heterocycles. The number of carbonyl (C=O) groups is 1. The summed E-state index contributed by atoms with van der Waals surface area (Å²) in [5.74, 6) is 0.0382. The molecule has 0 bridgehead atoms. The van der Waals surface area contributed by atoms with Crippen molar-refractivity contribution in [3.05, 3.63) is 89.9 Å². The normalized spacial score (nSPS) is 11.6. The average molecular weight is 429 g/mol. The Morgan fingerprint density at radius 2 is 1.84 bits per heavy atom. The maximum atomic E-state index is 13.1. The van der Waals surface area contributed by atoms with Crippen molar-refractivity contribution in [1.82, 2.24) is 0 Å². The first-order chi connectivity index (χ1) is 15.5. The van der Waals surface area contributed by atoms with Crippen molar-refractivity contribution in [2.24, 2.45) is 0 Å². The van der Waals surface area contributed by atoms with Gasteiger partial charge in [0.05, 0.1) is 12.9 Å². The van der Waals surface area contributed by atoms with Crippen LogP contribution in [-0.2, 0) is 4.79 Å². The minimum atomic E-state index is -0.353. The number of fused-ring (bicyclic) bond motifs is 1. The number of carbonyl (C=O) groups excluding carboxylic acids is 1. The Labute approximate surface area is 186 Å². The molecule has 4 aromatic rings. The van der Waals surface area contributed by atoms with Crippen molar-refractivity contribution < 1.29 is 18.3 Å². The van der Waals surface area contributed by atoms with E-state index in [-0.39, 0.29) is 11.7 Å². The van der Waals surface area contributed by atoms with Crippen LogP contribution in [0.3, 0.4) is 0 Å². The van der Waals surface area contributed by atoms with Crippen LogP contribution in [0, 0.1) is 12.7 Å². The van der Waals surface area contributed by atoms with Crippen LogP contribution in [0.4, 0.5) is 10.1 Å². The molecule has 0 aliphatic carbocycles. The molecule has 0 spiro atoms. The number of aryl methyl sites for hydroxylation is 1. The molecule has 0 aliphatic heterocycles. The molecule has 0 atom stereocenters. The summed E-state index contributed by atoms with van der Waals surface area (Å²) in [5, 5.41) is 3.72. The van der Waals surface area contributed by atoms with Gasteiger partial charge in [-0.05, 0) is 62.2 Å². The largest absolute Gasteiger partial charge is 0.493 e. The fourth-order valence-electron chi connectivity index (χ4n) is 3.77. The molecule has 5 heteroatoms. The Hall–Kier alpha value is -3.86. The zero-order valence-corrected chi connectivity index (χ0v) is 18.2. The van der Waals surface area contributed by atoms with Gasteiger partial charge in [-0.25, -0.2) is 4.39 Å². The smallest absolute Gasteiger partial charge is 0.248 e. The second-order valence-corrected chi connectivity index (χ2v) is 7.53. The Balaban J connectivity index is 1.77. The summed E-state index contributed by atoms with van der Waals surface area (Å²) in [4.78, 5) is 12.6. The van der Waals surface area contributed by atoms with Crippen molar-refractivity contribution >= 4 is 28.1 Å². The first kappa shape index (κ1) is 21.4. The van der Waals surface area contributed by atoms with Crippen LogP contribution < -0.4 is 10.1 Å². The lowest BCUT2D eigenvalue weighted by atomic mass is 9.96. The monoisotopic (exact) mass is 429 g/mol. The van der Waals surface area contributed by atoms with Crippen LogP contribution in [0.1, 0.15) is 25.0 Å². The molecule has 0 radical (unpaired) electrons. The highest BCUT2D eigenvalue weighted by atomic mass is 19.1. The van der Waals surface area contributed by atoms with E-state index in [9.17, 15) is 9.18 Å². The zero-order chi connectivity index (χ0) is 22.7. The summed E-state index contributed by atoms with van der Waals surface area (Å²) < 4.78 is 25.0. The van der Waals surface area contributed by atoms with Crippen LogP contribution in [0.2, 0.25) is 0 Å². The number of hydrogen-bond donors (Lipinski definition) is 1. The Morgan fingerprint density at radius 1 is 1.12 bits per heavy atom. The molecule has 4 nitrogen and oxygen atoms in total. The van der Waals surface area contributed by atoms with Gasteiger partial charge in [0, 0.05) is 33.8 Å². The summed E-state index contributed by atoms with van der Waals surface area (Å²) in [6.07, 6.45) is 3.28. The predicted octanol–water partition coefficient (Wildman–Crippen LogP) is 6.99. The van der Waals surface area contributed by atoms with Gasteiger partial charge in [0.25, 0.3) is 0 Å². The predicted molar refractivity (Wildman–Crippen MR) is 126 cm³/mol. The molecule has 0 saturated carbocycles. The fraction of sp³-hybridized carbons (Fsp3) is 0.148. The summed E-state index contributed by atoms with van der Waals surface area (Å²) in [7, 11) is 0. The molecule has 1 amide bonds. The number of halogens is 1. The van der Waals surface area contributed by atoms with Crippen LogP contribution in [0.25, 0.3) is 27.7 Å². The van der Waals surface area contributed by atoms with E-state index in [1.165, 1.54) is 30.3 Å². The molecular formula is C27H24FNO3. The van der Waals surface area contributed by atoms with Gasteiger partial charge in [-0.1, -0.05) is 30.3 Å². The number of anilines is 1. The van der Waals surface area contributed by atoms with Crippen LogP contribution >= 0.6 is 0 Å². The van der Waals surface area contributed by atoms with Crippen molar-refractivity contribution in [1.29, 1.82) is 0 Å². The lowest BCUT2D eigenvalue weighted by Crippen LogP contribution is -2.09. The second kappa shape index (κ2) is 9.10. The maximum Gasteiger partial charge on any atom is 0.248 e. The maximum absolute atomic E-state index is 13.1. The number of nitrogens with one attached hydrogen (secondary N) is 1. The molecule has 0 unspecified atom stereocenters. The molecule has 3 aromatic carbocycles. The molecular weight excluding hydrogens is 405 g/mol. The molecule has 32 heavy (non-hydrogen) atoms. The van der Waals surface area contributed by atoms with E-state index in [4.69, 9.17) is 9.15 Å². The Kier molecular flexibility index (Phi) is 6.08. The average Bonchev–Trinajstić information content (AvgIpc) is 3.22. The number of hydrogen-bond acceptors (Lipinski definition) is 3. The highest BCUT2D eigenvalue weighted by Gasteiger charge is 2.19. The van der Waals surface area contributed by atoms with Crippen LogP contribution in [0.5, 0.6) is 5.75 Å². The van der Waals surface area contributed by atoms with Gasteiger partial charge in [-0.3, -0.25) is 4.79 Å². The lowest BCUT2D eigenvalue weighted by Gasteiger charge is -2.15. The van der Waals surface area contributed by atoms with Gasteiger partial charge in [-0.2, -0.15) is 0 Å². The van der Waals surface area contributed by atoms with Gasteiger partial charge in [0.15, 0.2) is 0 Å². The standard InChI is InChI=1S/C27H24FNO3/c1-4-31-26-18(3)27-23(24(16-32-27)19-8-6-5-7-9-19)15-22(26)17(2)14-25(30)29-21-12-10-20(28)11-13-21/h5-16H,4H2,1-3H3,(H,29,30)/b17-14+. The van der Waals surface area contributed by atoms with E-state index >= 15 is 0 Å². The number of rotatable bonds is 6. The molecule has 0 saturated heterocycles. The highest BCUT2D eigenvalue weighted by Crippen LogP contribution is 2.40. The number of ether oxygens (including phenoxy) is 1. The Morgan fingerprint density at radius 3 is 2.53 bits per heavy atom. The number of furan rings is 1. The first-order valence-electron chi connectivity index (χ1n) is 10.5. The van der Waals surface area contributed by atoms with Crippen molar-refractivity contribution in [3.8, 4) is 16.9 Å². The lowest BCUT2D eigenvalue weighted by molar-refractivity contribution is -0.111. The van der Waals surface area contributed by atoms with Crippen molar-refractivity contribution in [2.45, 2.75) is 20.8 Å². The molecule has 1 N–H and O–H groups in total. The third-order valence-electron chi connectivity index (χ3n) is 5.30. The van der Waals surface area contributed by atoms with E-state index < -0.39 is 0 Å². The molecule has 162 valence electrons. The third-order valence-corrected chi connectivity index (χ3v) is 5.30. The summed E-state index contributed by atoms with van der Waals surface area (Å²) >= 11 is 0. The van der Waals surface area contributed by atoms with Gasteiger partial charge < -0.3 is 14.5 Å². The van der Waals surface area contributed by atoms with E-state index in [1.807, 2.05) is 57.2 Å². The summed E-state index contributed by atoms with van der Waals surface area (Å²) in [6, 6.07) is 17.7. The number of amides is 1. The van der Waals surface area contributed by atoms with Crippen molar-refractivity contribution in [2.75, 3.05) is 11.9 Å². The number of allylic oxidation sites excluding steroid dienone is 1. The summed E-state index contributed by atoms with van der Waals surface area (Å²) in [6.45, 7) is 6.24. The van der Waals surface area contributed by atoms with E-state index in [1.54, 1.807) is 6.26 Å². The first-order valence-corrected chi connectivity index (χ1v) is 10.5. The van der Waals surface area contributed by atoms with Gasteiger partial charge in [0.1, 0.15) is 17.1 Å². The fourth-order valence-corrected chi connectivity index (χ4v) is 3.77. The van der Waals surface area contributed by atoms with Crippen molar-refractivity contribution in [3.63, 3.8) is 0 Å². The number of benzene rings is 3. The van der Waals surface area contributed by atoms with Gasteiger partial charge in [-0.15, -0.1) is 0 Å². The zero-order valence-electron chi connectivity index (χ0n) is 18.2. The van der Waals surface area contributed by atoms with Crippen LogP contribution in [0.15, 0.2) is 77.4 Å². The van der Waals surface area contributed by atoms with E-state index in [0.717, 1.165) is 38.8 Å². The minimum absolute atomic E-state index is 0.301.